The van der Waals surface area contributed by atoms with Crippen molar-refractivity contribution in [2.45, 2.75) is 17.4 Å². The zero-order valence-electron chi connectivity index (χ0n) is 9.74. The lowest BCUT2D eigenvalue weighted by atomic mass is 10.4. The smallest absolute Gasteiger partial charge is 0.252 e. The van der Waals surface area contributed by atoms with Crippen molar-refractivity contribution >= 4 is 21.4 Å². The Hall–Kier alpha value is -1.15. The highest BCUT2D eigenvalue weighted by atomic mass is 32.2. The average molecular weight is 287 g/mol. The highest BCUT2D eigenvalue weighted by Crippen LogP contribution is 2.24. The van der Waals surface area contributed by atoms with Crippen LogP contribution in [0.2, 0.25) is 0 Å². The SMILES string of the molecule is CN(Cc1ccco1)S(=O)(=O)c1cc(CO)cs1. The summed E-state index contributed by atoms with van der Waals surface area (Å²) in [5, 5.41) is 10.6. The van der Waals surface area contributed by atoms with Crippen LogP contribution >= 0.6 is 11.3 Å². The van der Waals surface area contributed by atoms with Crippen molar-refractivity contribution in [1.82, 2.24) is 4.31 Å². The van der Waals surface area contributed by atoms with E-state index in [-0.39, 0.29) is 17.4 Å². The van der Waals surface area contributed by atoms with Gasteiger partial charge in [0.25, 0.3) is 10.0 Å². The number of hydrogen-bond donors (Lipinski definition) is 1. The predicted octanol–water partition coefficient (Wildman–Crippen LogP) is 1.65. The molecular weight excluding hydrogens is 274 g/mol. The Morgan fingerprint density at radius 1 is 1.50 bits per heavy atom. The maximum atomic E-state index is 12.2. The van der Waals surface area contributed by atoms with Gasteiger partial charge >= 0.3 is 0 Å². The van der Waals surface area contributed by atoms with Gasteiger partial charge in [-0.25, -0.2) is 8.42 Å². The molecule has 0 spiro atoms. The van der Waals surface area contributed by atoms with Crippen LogP contribution in [0, 0.1) is 0 Å². The van der Waals surface area contributed by atoms with Crippen molar-refractivity contribution in [3.63, 3.8) is 0 Å². The van der Waals surface area contributed by atoms with Gasteiger partial charge in [-0.05, 0) is 29.1 Å². The van der Waals surface area contributed by atoms with Crippen LogP contribution in [0.4, 0.5) is 0 Å². The Labute approximate surface area is 109 Å². The summed E-state index contributed by atoms with van der Waals surface area (Å²) >= 11 is 1.10. The Morgan fingerprint density at radius 2 is 2.28 bits per heavy atom. The topological polar surface area (TPSA) is 70.8 Å². The number of aliphatic hydroxyl groups excluding tert-OH is 1. The molecule has 0 aliphatic rings. The van der Waals surface area contributed by atoms with Crippen LogP contribution in [0.5, 0.6) is 0 Å². The fraction of sp³-hybridized carbons (Fsp3) is 0.273. The molecule has 0 aromatic carbocycles. The second-order valence-corrected chi connectivity index (χ2v) is 6.96. The Kier molecular flexibility index (Phi) is 3.86. The zero-order valence-corrected chi connectivity index (χ0v) is 11.4. The third-order valence-electron chi connectivity index (χ3n) is 2.44. The van der Waals surface area contributed by atoms with E-state index < -0.39 is 10.0 Å². The molecule has 0 radical (unpaired) electrons. The first kappa shape index (κ1) is 13.3. The van der Waals surface area contributed by atoms with Crippen LogP contribution < -0.4 is 0 Å². The standard InChI is InChI=1S/C11H13NO4S2/c1-12(6-10-3-2-4-16-10)18(14,15)11-5-9(7-13)8-17-11/h2-5,8,13H,6-7H2,1H3. The minimum absolute atomic E-state index is 0.159. The van der Waals surface area contributed by atoms with Gasteiger partial charge in [0.2, 0.25) is 0 Å². The van der Waals surface area contributed by atoms with Gasteiger partial charge < -0.3 is 9.52 Å². The first-order chi connectivity index (χ1) is 8.54. The zero-order chi connectivity index (χ0) is 13.2. The molecule has 98 valence electrons. The number of hydrogen-bond acceptors (Lipinski definition) is 5. The van der Waals surface area contributed by atoms with E-state index in [2.05, 4.69) is 0 Å². The Balaban J connectivity index is 2.19. The van der Waals surface area contributed by atoms with E-state index in [1.807, 2.05) is 0 Å². The van der Waals surface area contributed by atoms with E-state index in [9.17, 15) is 8.42 Å². The summed E-state index contributed by atoms with van der Waals surface area (Å²) in [4.78, 5) is 0. The van der Waals surface area contributed by atoms with E-state index in [0.29, 0.717) is 11.3 Å². The number of aliphatic hydroxyl groups is 1. The van der Waals surface area contributed by atoms with Crippen LogP contribution in [0.1, 0.15) is 11.3 Å². The van der Waals surface area contributed by atoms with Crippen LogP contribution in [-0.2, 0) is 23.2 Å². The van der Waals surface area contributed by atoms with E-state index in [4.69, 9.17) is 9.52 Å². The van der Waals surface area contributed by atoms with Gasteiger partial charge in [-0.3, -0.25) is 0 Å². The minimum Gasteiger partial charge on any atom is -0.468 e. The lowest BCUT2D eigenvalue weighted by Crippen LogP contribution is -2.25. The molecule has 2 heterocycles. The van der Waals surface area contributed by atoms with Gasteiger partial charge in [-0.2, -0.15) is 4.31 Å². The van der Waals surface area contributed by atoms with E-state index in [0.717, 1.165) is 11.3 Å². The van der Waals surface area contributed by atoms with Crippen molar-refractivity contribution in [2.24, 2.45) is 0 Å². The van der Waals surface area contributed by atoms with Gasteiger partial charge in [0.1, 0.15) is 9.97 Å². The molecule has 0 bridgehead atoms. The van der Waals surface area contributed by atoms with Gasteiger partial charge in [-0.15, -0.1) is 11.3 Å². The summed E-state index contributed by atoms with van der Waals surface area (Å²) in [6, 6.07) is 4.92. The van der Waals surface area contributed by atoms with Crippen molar-refractivity contribution in [3.8, 4) is 0 Å². The molecule has 0 aliphatic carbocycles. The number of rotatable bonds is 5. The summed E-state index contributed by atoms with van der Waals surface area (Å²) in [7, 11) is -2.03. The Bertz CT molecular complexity index is 601. The van der Waals surface area contributed by atoms with Crippen LogP contribution in [0.25, 0.3) is 0 Å². The molecule has 0 saturated heterocycles. The maximum absolute atomic E-state index is 12.2. The molecule has 0 fully saturated rings. The molecule has 7 heteroatoms. The number of nitrogens with zero attached hydrogens (tertiary/aromatic N) is 1. The summed E-state index contributed by atoms with van der Waals surface area (Å²) in [5.74, 6) is 0.583. The lowest BCUT2D eigenvalue weighted by Gasteiger charge is -2.14. The molecule has 2 rings (SSSR count). The van der Waals surface area contributed by atoms with E-state index in [1.54, 1.807) is 17.5 Å². The van der Waals surface area contributed by atoms with Crippen LogP contribution in [0.3, 0.4) is 0 Å². The average Bonchev–Trinajstić information content (AvgIpc) is 2.99. The third-order valence-corrected chi connectivity index (χ3v) is 5.70. The van der Waals surface area contributed by atoms with Gasteiger partial charge in [0, 0.05) is 7.05 Å². The molecular formula is C11H13NO4S2. The first-order valence-electron chi connectivity index (χ1n) is 5.21. The van der Waals surface area contributed by atoms with E-state index >= 15 is 0 Å². The highest BCUT2D eigenvalue weighted by molar-refractivity contribution is 7.91. The largest absolute Gasteiger partial charge is 0.468 e. The van der Waals surface area contributed by atoms with Gasteiger partial charge in [0.15, 0.2) is 0 Å². The van der Waals surface area contributed by atoms with E-state index in [1.165, 1.54) is 23.7 Å². The molecule has 0 unspecified atom stereocenters. The first-order valence-corrected chi connectivity index (χ1v) is 7.53. The molecule has 0 amide bonds. The highest BCUT2D eigenvalue weighted by Gasteiger charge is 2.23. The van der Waals surface area contributed by atoms with Crippen molar-refractivity contribution < 1.29 is 17.9 Å². The molecule has 0 aliphatic heterocycles. The normalized spacial score (nSPS) is 12.2. The summed E-state index contributed by atoms with van der Waals surface area (Å²) in [6.45, 7) is 0.0234. The van der Waals surface area contributed by atoms with Crippen molar-refractivity contribution in [1.29, 1.82) is 0 Å². The Morgan fingerprint density at radius 3 is 2.83 bits per heavy atom. The van der Waals surface area contributed by atoms with Gasteiger partial charge in [-0.1, -0.05) is 0 Å². The summed E-state index contributed by atoms with van der Waals surface area (Å²) < 4.78 is 31.0. The molecule has 5 nitrogen and oxygen atoms in total. The fourth-order valence-electron chi connectivity index (χ4n) is 1.43. The quantitative estimate of drug-likeness (QED) is 0.907. The number of sulfonamides is 1. The summed E-state index contributed by atoms with van der Waals surface area (Å²) in [5.41, 5.74) is 0.602. The second-order valence-electron chi connectivity index (χ2n) is 3.77. The minimum atomic E-state index is -3.52. The molecule has 0 atom stereocenters. The molecule has 18 heavy (non-hydrogen) atoms. The molecule has 2 aromatic heterocycles. The third kappa shape index (κ3) is 2.64. The number of furan rings is 1. The number of thiophene rings is 1. The van der Waals surface area contributed by atoms with Crippen molar-refractivity contribution in [2.75, 3.05) is 7.05 Å². The van der Waals surface area contributed by atoms with Crippen LogP contribution in [-0.4, -0.2) is 24.9 Å². The summed E-state index contributed by atoms with van der Waals surface area (Å²) in [6.07, 6.45) is 1.50. The molecule has 1 N–H and O–H groups in total. The monoisotopic (exact) mass is 287 g/mol. The molecule has 0 saturated carbocycles. The predicted molar refractivity (Wildman–Crippen MR) is 67.6 cm³/mol. The lowest BCUT2D eigenvalue weighted by molar-refractivity contribution is 0.282. The maximum Gasteiger partial charge on any atom is 0.252 e. The van der Waals surface area contributed by atoms with Crippen LogP contribution in [0.15, 0.2) is 38.5 Å². The second kappa shape index (κ2) is 5.23. The van der Waals surface area contributed by atoms with Crippen molar-refractivity contribution in [3.05, 3.63) is 41.2 Å². The van der Waals surface area contributed by atoms with Gasteiger partial charge in [0.05, 0.1) is 19.4 Å². The fourth-order valence-corrected chi connectivity index (χ4v) is 3.98. The molecule has 2 aromatic rings.